The average Bonchev–Trinajstić information content (AvgIpc) is 2.55. The van der Waals surface area contributed by atoms with E-state index in [1.54, 1.807) is 0 Å². The van der Waals surface area contributed by atoms with Crippen molar-refractivity contribution < 1.29 is 9.53 Å². The van der Waals surface area contributed by atoms with Gasteiger partial charge in [0.05, 0.1) is 5.92 Å². The van der Waals surface area contributed by atoms with Crippen molar-refractivity contribution in [1.29, 1.82) is 0 Å². The fourth-order valence-electron chi connectivity index (χ4n) is 4.32. The number of hydrogen-bond donors (Lipinski definition) is 0. The van der Waals surface area contributed by atoms with Crippen LogP contribution >= 0.6 is 0 Å². The van der Waals surface area contributed by atoms with Crippen LogP contribution in [-0.2, 0) is 16.0 Å². The molecule has 1 aromatic rings. The summed E-state index contributed by atoms with van der Waals surface area (Å²) < 4.78 is 6.01. The normalized spacial score (nSPS) is 26.2. The minimum atomic E-state index is -0.0243. The van der Waals surface area contributed by atoms with Crippen LogP contribution in [0.1, 0.15) is 65.9 Å². The molecule has 0 aliphatic heterocycles. The first kappa shape index (κ1) is 20.0. The Balaban J connectivity index is 1.86. The Bertz CT molecular complexity index is 522. The van der Waals surface area contributed by atoms with Gasteiger partial charge in [0.1, 0.15) is 6.10 Å². The van der Waals surface area contributed by atoms with Crippen LogP contribution in [0.25, 0.3) is 0 Å². The maximum absolute atomic E-state index is 12.7. The molecule has 2 rings (SSSR count). The minimum Gasteiger partial charge on any atom is -0.462 e. The van der Waals surface area contributed by atoms with Gasteiger partial charge in [-0.05, 0) is 54.9 Å². The van der Waals surface area contributed by atoms with Crippen LogP contribution in [-0.4, -0.2) is 12.1 Å². The molecule has 2 nitrogen and oxygen atoms in total. The van der Waals surface area contributed by atoms with E-state index >= 15 is 0 Å². The first-order valence-corrected chi connectivity index (χ1v) is 10.1. The van der Waals surface area contributed by atoms with Gasteiger partial charge in [0.2, 0.25) is 0 Å². The van der Waals surface area contributed by atoms with Crippen LogP contribution in [0.4, 0.5) is 0 Å². The molecule has 1 fully saturated rings. The molecule has 140 valence electrons. The molecule has 0 spiro atoms. The van der Waals surface area contributed by atoms with Crippen molar-refractivity contribution in [3.8, 4) is 0 Å². The molecule has 0 radical (unpaired) electrons. The minimum absolute atomic E-state index is 0.00432. The fourth-order valence-corrected chi connectivity index (χ4v) is 4.32. The highest BCUT2D eigenvalue weighted by Crippen LogP contribution is 2.36. The molecule has 25 heavy (non-hydrogen) atoms. The van der Waals surface area contributed by atoms with Gasteiger partial charge in [0, 0.05) is 0 Å². The molecule has 0 N–H and O–H groups in total. The van der Waals surface area contributed by atoms with Crippen molar-refractivity contribution in [2.45, 2.75) is 72.8 Å². The van der Waals surface area contributed by atoms with E-state index in [1.807, 2.05) is 13.0 Å². The molecule has 1 aromatic carbocycles. The zero-order valence-electron chi connectivity index (χ0n) is 16.7. The van der Waals surface area contributed by atoms with E-state index in [-0.39, 0.29) is 18.0 Å². The zero-order chi connectivity index (χ0) is 18.4. The summed E-state index contributed by atoms with van der Waals surface area (Å²) in [6.07, 6.45) is 5.51. The highest BCUT2D eigenvalue weighted by molar-refractivity contribution is 5.72. The Labute approximate surface area is 154 Å². The zero-order valence-corrected chi connectivity index (χ0v) is 16.7. The van der Waals surface area contributed by atoms with Gasteiger partial charge in [0.25, 0.3) is 0 Å². The van der Waals surface area contributed by atoms with Gasteiger partial charge in [-0.25, -0.2) is 0 Å². The van der Waals surface area contributed by atoms with Gasteiger partial charge in [0.15, 0.2) is 0 Å². The number of rotatable bonds is 7. The molecule has 2 heteroatoms. The third kappa shape index (κ3) is 6.17. The topological polar surface area (TPSA) is 26.3 Å². The molecule has 0 heterocycles. The molecule has 0 bridgehead atoms. The van der Waals surface area contributed by atoms with Crippen molar-refractivity contribution in [3.63, 3.8) is 0 Å². The molecule has 5 atom stereocenters. The molecular weight excluding hydrogens is 308 g/mol. The number of benzene rings is 1. The number of esters is 1. The van der Waals surface area contributed by atoms with E-state index in [2.05, 4.69) is 52.0 Å². The lowest BCUT2D eigenvalue weighted by Gasteiger charge is -2.37. The van der Waals surface area contributed by atoms with Crippen LogP contribution in [0.5, 0.6) is 0 Å². The van der Waals surface area contributed by atoms with Gasteiger partial charge in [-0.2, -0.15) is 0 Å². The lowest BCUT2D eigenvalue weighted by atomic mass is 9.75. The summed E-state index contributed by atoms with van der Waals surface area (Å²) in [5.41, 5.74) is 1.34. The van der Waals surface area contributed by atoms with Gasteiger partial charge < -0.3 is 4.74 Å². The third-order valence-electron chi connectivity index (χ3n) is 5.81. The lowest BCUT2D eigenvalue weighted by molar-refractivity contribution is -0.161. The number of ether oxygens (including phenoxy) is 1. The largest absolute Gasteiger partial charge is 0.462 e. The highest BCUT2D eigenvalue weighted by atomic mass is 16.5. The first-order chi connectivity index (χ1) is 11.9. The van der Waals surface area contributed by atoms with Crippen molar-refractivity contribution >= 4 is 5.97 Å². The summed E-state index contributed by atoms with van der Waals surface area (Å²) in [5.74, 6) is 2.23. The van der Waals surface area contributed by atoms with Crippen LogP contribution in [0.2, 0.25) is 0 Å². The Hall–Kier alpha value is -1.31. The van der Waals surface area contributed by atoms with Crippen molar-refractivity contribution in [1.82, 2.24) is 0 Å². The second-order valence-electron chi connectivity index (χ2n) is 8.73. The SMILES string of the molecule is CC(C)[C@@H]1CC[C@@H](C)C[C@H]1OC(=O)[C@H](C)C[C@@H](C)Cc1ccccc1. The Morgan fingerprint density at radius 1 is 1.12 bits per heavy atom. The molecule has 0 aromatic heterocycles. The van der Waals surface area contributed by atoms with E-state index in [0.29, 0.717) is 23.7 Å². The summed E-state index contributed by atoms with van der Waals surface area (Å²) >= 11 is 0. The van der Waals surface area contributed by atoms with Gasteiger partial charge in [-0.1, -0.05) is 71.4 Å². The molecule has 1 aliphatic rings. The summed E-state index contributed by atoms with van der Waals surface area (Å²) in [6, 6.07) is 10.5. The molecule has 1 saturated carbocycles. The van der Waals surface area contributed by atoms with Gasteiger partial charge >= 0.3 is 5.97 Å². The van der Waals surface area contributed by atoms with Crippen LogP contribution in [0.15, 0.2) is 30.3 Å². The van der Waals surface area contributed by atoms with Gasteiger partial charge in [-0.3, -0.25) is 4.79 Å². The van der Waals surface area contributed by atoms with Crippen molar-refractivity contribution in [3.05, 3.63) is 35.9 Å². The molecule has 1 aliphatic carbocycles. The van der Waals surface area contributed by atoms with Crippen LogP contribution < -0.4 is 0 Å². The monoisotopic (exact) mass is 344 g/mol. The quantitative estimate of drug-likeness (QED) is 0.576. The highest BCUT2D eigenvalue weighted by Gasteiger charge is 2.34. The standard InChI is InChI=1S/C23H36O2/c1-16(2)21-12-11-17(3)15-22(21)25-23(24)19(5)13-18(4)14-20-9-7-6-8-10-20/h6-10,16-19,21-22H,11-15H2,1-5H3/t17-,18-,19-,21+,22-/m1/s1. The summed E-state index contributed by atoms with van der Waals surface area (Å²) in [5, 5.41) is 0. The molecule has 0 unspecified atom stereocenters. The lowest BCUT2D eigenvalue weighted by Crippen LogP contribution is -2.37. The summed E-state index contributed by atoms with van der Waals surface area (Å²) in [7, 11) is 0. The predicted octanol–water partition coefficient (Wildman–Crippen LogP) is 5.90. The van der Waals surface area contributed by atoms with E-state index in [9.17, 15) is 4.79 Å². The Morgan fingerprint density at radius 3 is 2.44 bits per heavy atom. The number of carbonyl (C=O) groups is 1. The molecular formula is C23H36O2. The van der Waals surface area contributed by atoms with E-state index in [0.717, 1.165) is 19.3 Å². The summed E-state index contributed by atoms with van der Waals surface area (Å²) in [4.78, 5) is 12.7. The predicted molar refractivity (Wildman–Crippen MR) is 104 cm³/mol. The Kier molecular flexibility index (Phi) is 7.53. The van der Waals surface area contributed by atoms with Crippen molar-refractivity contribution in [2.24, 2.45) is 29.6 Å². The van der Waals surface area contributed by atoms with Gasteiger partial charge in [-0.15, -0.1) is 0 Å². The van der Waals surface area contributed by atoms with Crippen LogP contribution in [0.3, 0.4) is 0 Å². The molecule has 0 amide bonds. The van der Waals surface area contributed by atoms with Crippen molar-refractivity contribution in [2.75, 3.05) is 0 Å². The Morgan fingerprint density at radius 2 is 1.80 bits per heavy atom. The fraction of sp³-hybridized carbons (Fsp3) is 0.696. The first-order valence-electron chi connectivity index (χ1n) is 10.1. The van der Waals surface area contributed by atoms with E-state index in [1.165, 1.54) is 18.4 Å². The number of carbonyl (C=O) groups excluding carboxylic acids is 1. The average molecular weight is 345 g/mol. The van der Waals surface area contributed by atoms with Crippen LogP contribution in [0, 0.1) is 29.6 Å². The van der Waals surface area contributed by atoms with E-state index in [4.69, 9.17) is 4.74 Å². The molecule has 0 saturated heterocycles. The second kappa shape index (κ2) is 9.40. The maximum Gasteiger partial charge on any atom is 0.308 e. The number of hydrogen-bond acceptors (Lipinski definition) is 2. The van der Waals surface area contributed by atoms with E-state index < -0.39 is 0 Å². The maximum atomic E-state index is 12.7. The second-order valence-corrected chi connectivity index (χ2v) is 8.73. The smallest absolute Gasteiger partial charge is 0.308 e. The summed E-state index contributed by atoms with van der Waals surface area (Å²) in [6.45, 7) is 11.1. The third-order valence-corrected chi connectivity index (χ3v) is 5.81.